The molecule has 1 fully saturated rings. The van der Waals surface area contributed by atoms with Gasteiger partial charge in [0.2, 0.25) is 0 Å². The molecule has 1 saturated heterocycles. The highest BCUT2D eigenvalue weighted by Crippen LogP contribution is 2.27. The maximum absolute atomic E-state index is 11.9. The second-order valence-electron chi connectivity index (χ2n) is 5.87. The Balaban J connectivity index is 1.71. The SMILES string of the molecule is O=c1[nH]c2ccc(-c3[nH]c(=O)sc3CN3CCCCC3)cc2o1. The van der Waals surface area contributed by atoms with Crippen LogP contribution in [0.2, 0.25) is 0 Å². The molecule has 0 atom stereocenters. The number of thiazole rings is 1. The van der Waals surface area contributed by atoms with Gasteiger partial charge in [-0.2, -0.15) is 0 Å². The number of H-pyrrole nitrogens is 2. The summed E-state index contributed by atoms with van der Waals surface area (Å²) in [6.07, 6.45) is 3.72. The van der Waals surface area contributed by atoms with Crippen molar-refractivity contribution in [3.63, 3.8) is 0 Å². The summed E-state index contributed by atoms with van der Waals surface area (Å²) in [5.74, 6) is -0.468. The van der Waals surface area contributed by atoms with Gasteiger partial charge in [0, 0.05) is 17.0 Å². The fourth-order valence-electron chi connectivity index (χ4n) is 3.13. The van der Waals surface area contributed by atoms with E-state index in [1.807, 2.05) is 6.07 Å². The van der Waals surface area contributed by atoms with Gasteiger partial charge in [-0.25, -0.2) is 4.79 Å². The van der Waals surface area contributed by atoms with Gasteiger partial charge in [0.1, 0.15) is 0 Å². The van der Waals surface area contributed by atoms with E-state index in [-0.39, 0.29) is 4.87 Å². The zero-order valence-corrected chi connectivity index (χ0v) is 13.4. The summed E-state index contributed by atoms with van der Waals surface area (Å²) in [5.41, 5.74) is 2.86. The first-order valence-corrected chi connectivity index (χ1v) is 8.58. The number of oxazole rings is 1. The van der Waals surface area contributed by atoms with Crippen LogP contribution < -0.4 is 10.6 Å². The monoisotopic (exact) mass is 331 g/mol. The van der Waals surface area contributed by atoms with Gasteiger partial charge in [-0.05, 0) is 38.1 Å². The molecule has 3 heterocycles. The Labute approximate surface area is 135 Å². The topological polar surface area (TPSA) is 82.1 Å². The van der Waals surface area contributed by atoms with E-state index in [0.29, 0.717) is 11.1 Å². The van der Waals surface area contributed by atoms with Gasteiger partial charge in [-0.1, -0.05) is 23.8 Å². The van der Waals surface area contributed by atoms with Crippen molar-refractivity contribution in [1.82, 2.24) is 14.9 Å². The van der Waals surface area contributed by atoms with Gasteiger partial charge in [-0.15, -0.1) is 0 Å². The largest absolute Gasteiger partial charge is 0.417 e. The Morgan fingerprint density at radius 2 is 1.96 bits per heavy atom. The summed E-state index contributed by atoms with van der Waals surface area (Å²) < 4.78 is 5.12. The van der Waals surface area contributed by atoms with Crippen LogP contribution in [0, 0.1) is 0 Å². The van der Waals surface area contributed by atoms with E-state index in [9.17, 15) is 9.59 Å². The summed E-state index contributed by atoms with van der Waals surface area (Å²) in [6.45, 7) is 2.95. The molecule has 1 aromatic carbocycles. The highest BCUT2D eigenvalue weighted by atomic mass is 32.1. The molecule has 0 aliphatic carbocycles. The molecule has 23 heavy (non-hydrogen) atoms. The molecule has 0 unspecified atom stereocenters. The highest BCUT2D eigenvalue weighted by Gasteiger charge is 2.17. The average molecular weight is 331 g/mol. The van der Waals surface area contributed by atoms with E-state index in [2.05, 4.69) is 14.9 Å². The number of rotatable bonds is 3. The van der Waals surface area contributed by atoms with Crippen molar-refractivity contribution in [1.29, 1.82) is 0 Å². The Kier molecular flexibility index (Phi) is 3.66. The van der Waals surface area contributed by atoms with Gasteiger partial charge in [0.25, 0.3) is 0 Å². The Morgan fingerprint density at radius 1 is 1.13 bits per heavy atom. The van der Waals surface area contributed by atoms with Crippen LogP contribution in [0.5, 0.6) is 0 Å². The lowest BCUT2D eigenvalue weighted by atomic mass is 10.1. The first kappa shape index (κ1) is 14.5. The molecule has 4 rings (SSSR count). The lowest BCUT2D eigenvalue weighted by molar-refractivity contribution is 0.223. The van der Waals surface area contributed by atoms with Gasteiger partial charge in [0.05, 0.1) is 11.2 Å². The zero-order chi connectivity index (χ0) is 15.8. The summed E-state index contributed by atoms with van der Waals surface area (Å²) in [4.78, 5) is 32.1. The molecule has 6 nitrogen and oxygen atoms in total. The van der Waals surface area contributed by atoms with Gasteiger partial charge < -0.3 is 9.40 Å². The minimum absolute atomic E-state index is 0.0531. The zero-order valence-electron chi connectivity index (χ0n) is 12.6. The number of aromatic amines is 2. The van der Waals surface area contributed by atoms with Crippen molar-refractivity contribution in [2.45, 2.75) is 25.8 Å². The lowest BCUT2D eigenvalue weighted by Crippen LogP contribution is -2.28. The Morgan fingerprint density at radius 3 is 2.78 bits per heavy atom. The number of piperidine rings is 1. The van der Waals surface area contributed by atoms with Gasteiger partial charge in [-0.3, -0.25) is 14.7 Å². The van der Waals surface area contributed by atoms with E-state index < -0.39 is 5.76 Å². The number of hydrogen-bond donors (Lipinski definition) is 2. The predicted molar refractivity (Wildman–Crippen MR) is 89.9 cm³/mol. The quantitative estimate of drug-likeness (QED) is 0.772. The van der Waals surface area contributed by atoms with E-state index in [4.69, 9.17) is 4.42 Å². The minimum Gasteiger partial charge on any atom is -0.408 e. The third-order valence-corrected chi connectivity index (χ3v) is 5.11. The molecule has 0 radical (unpaired) electrons. The molecular weight excluding hydrogens is 314 g/mol. The average Bonchev–Trinajstić information content (AvgIpc) is 3.09. The number of aromatic nitrogens is 2. The van der Waals surface area contributed by atoms with Crippen molar-refractivity contribution in [2.24, 2.45) is 0 Å². The normalized spacial score (nSPS) is 16.2. The van der Waals surface area contributed by atoms with Gasteiger partial charge >= 0.3 is 10.6 Å². The van der Waals surface area contributed by atoms with E-state index in [0.717, 1.165) is 35.8 Å². The van der Waals surface area contributed by atoms with Crippen LogP contribution in [0.3, 0.4) is 0 Å². The molecule has 0 spiro atoms. The third kappa shape index (κ3) is 2.89. The molecule has 0 bridgehead atoms. The molecule has 1 aliphatic rings. The number of nitrogens with one attached hydrogen (secondary N) is 2. The van der Waals surface area contributed by atoms with Crippen LogP contribution in [0.15, 0.2) is 32.2 Å². The maximum Gasteiger partial charge on any atom is 0.417 e. The smallest absolute Gasteiger partial charge is 0.408 e. The molecule has 3 aromatic rings. The van der Waals surface area contributed by atoms with E-state index in [1.54, 1.807) is 12.1 Å². The number of fused-ring (bicyclic) bond motifs is 1. The van der Waals surface area contributed by atoms with Crippen LogP contribution in [0.4, 0.5) is 0 Å². The summed E-state index contributed by atoms with van der Waals surface area (Å²) in [7, 11) is 0. The number of benzene rings is 1. The van der Waals surface area contributed by atoms with Crippen molar-refractivity contribution in [2.75, 3.05) is 13.1 Å². The van der Waals surface area contributed by atoms with Crippen LogP contribution in [-0.4, -0.2) is 28.0 Å². The predicted octanol–water partition coefficient (Wildman–Crippen LogP) is 2.52. The molecule has 1 aliphatic heterocycles. The van der Waals surface area contributed by atoms with Crippen molar-refractivity contribution in [3.05, 3.63) is 43.3 Å². The minimum atomic E-state index is -0.468. The number of hydrogen-bond acceptors (Lipinski definition) is 5. The summed E-state index contributed by atoms with van der Waals surface area (Å²) in [6, 6.07) is 5.49. The molecule has 0 amide bonds. The Bertz CT molecular complexity index is 943. The van der Waals surface area contributed by atoms with Crippen LogP contribution in [0.25, 0.3) is 22.4 Å². The Hall–Kier alpha value is -2.12. The molecule has 7 heteroatoms. The molecule has 0 saturated carbocycles. The molecule has 2 aromatic heterocycles. The van der Waals surface area contributed by atoms with Crippen LogP contribution in [-0.2, 0) is 6.54 Å². The summed E-state index contributed by atoms with van der Waals surface area (Å²) >= 11 is 1.26. The standard InChI is InChI=1S/C16H17N3O3S/c20-15-17-11-5-4-10(8-12(11)22-15)14-13(23-16(21)18-14)9-19-6-2-1-3-7-19/h4-5,8H,1-3,6-7,9H2,(H,17,20)(H,18,21). The molecular formula is C16H17N3O3S. The van der Waals surface area contributed by atoms with Crippen molar-refractivity contribution < 1.29 is 4.42 Å². The molecule has 2 N–H and O–H groups in total. The first-order valence-electron chi connectivity index (χ1n) is 7.77. The van der Waals surface area contributed by atoms with Gasteiger partial charge in [0.15, 0.2) is 5.58 Å². The van der Waals surface area contributed by atoms with Crippen molar-refractivity contribution in [3.8, 4) is 11.3 Å². The third-order valence-electron chi connectivity index (χ3n) is 4.25. The van der Waals surface area contributed by atoms with E-state index >= 15 is 0 Å². The van der Waals surface area contributed by atoms with E-state index in [1.165, 1.54) is 30.6 Å². The molecule has 120 valence electrons. The maximum atomic E-state index is 11.9. The number of nitrogens with zero attached hydrogens (tertiary/aromatic N) is 1. The second-order valence-corrected chi connectivity index (χ2v) is 6.94. The highest BCUT2D eigenvalue weighted by molar-refractivity contribution is 7.09. The fourth-order valence-corrected chi connectivity index (χ4v) is 4.02. The lowest BCUT2D eigenvalue weighted by Gasteiger charge is -2.26. The number of likely N-dealkylation sites (tertiary alicyclic amines) is 1. The van der Waals surface area contributed by atoms with Crippen LogP contribution in [0.1, 0.15) is 24.1 Å². The van der Waals surface area contributed by atoms with Crippen molar-refractivity contribution >= 4 is 22.4 Å². The fraction of sp³-hybridized carbons (Fsp3) is 0.375. The second kappa shape index (κ2) is 5.82. The summed E-state index contributed by atoms with van der Waals surface area (Å²) in [5, 5.41) is 0. The van der Waals surface area contributed by atoms with Crippen LogP contribution >= 0.6 is 11.3 Å². The first-order chi connectivity index (χ1) is 11.2.